The molecule has 106 valence electrons. The third-order valence-corrected chi connectivity index (χ3v) is 4.35. The van der Waals surface area contributed by atoms with Crippen LogP contribution in [0, 0.1) is 0 Å². The molecule has 0 aliphatic rings. The van der Waals surface area contributed by atoms with Gasteiger partial charge in [-0.05, 0) is 23.6 Å². The molecule has 0 unspecified atom stereocenters. The van der Waals surface area contributed by atoms with Crippen molar-refractivity contribution in [2.75, 3.05) is 0 Å². The van der Waals surface area contributed by atoms with Gasteiger partial charge in [0.1, 0.15) is 5.69 Å². The van der Waals surface area contributed by atoms with Crippen LogP contribution in [0.3, 0.4) is 0 Å². The van der Waals surface area contributed by atoms with Gasteiger partial charge in [0.05, 0.1) is 10.6 Å². The number of aromatic carboxylic acids is 1. The van der Waals surface area contributed by atoms with Crippen molar-refractivity contribution in [1.82, 2.24) is 15.2 Å². The molecule has 0 radical (unpaired) electrons. The van der Waals surface area contributed by atoms with Crippen molar-refractivity contribution in [3.8, 4) is 10.8 Å². The molecule has 0 aliphatic heterocycles. The predicted octanol–water partition coefficient (Wildman–Crippen LogP) is 3.18. The second-order valence-electron chi connectivity index (χ2n) is 3.95. The van der Waals surface area contributed by atoms with Crippen LogP contribution in [0.1, 0.15) is 16.4 Å². The molecule has 0 fully saturated rings. The minimum atomic E-state index is -1.05. The van der Waals surface area contributed by atoms with Crippen molar-refractivity contribution in [1.29, 1.82) is 0 Å². The summed E-state index contributed by atoms with van der Waals surface area (Å²) >= 11 is 2.95. The van der Waals surface area contributed by atoms with Gasteiger partial charge in [0.15, 0.2) is 0 Å². The molecule has 8 heteroatoms. The highest BCUT2D eigenvalue weighted by Gasteiger charge is 2.10. The summed E-state index contributed by atoms with van der Waals surface area (Å²) in [6.45, 7) is 0. The Morgan fingerprint density at radius 3 is 3.05 bits per heavy atom. The maximum Gasteiger partial charge on any atom is 0.354 e. The van der Waals surface area contributed by atoms with E-state index in [2.05, 4.69) is 15.2 Å². The van der Waals surface area contributed by atoms with Gasteiger partial charge in [-0.15, -0.1) is 33.3 Å². The maximum atomic E-state index is 10.9. The van der Waals surface area contributed by atoms with E-state index in [1.54, 1.807) is 6.07 Å². The number of carboxylic acid groups (broad SMARTS) is 1. The Labute approximate surface area is 127 Å². The Balaban J connectivity index is 1.68. The molecule has 0 aromatic carbocycles. The van der Waals surface area contributed by atoms with Crippen molar-refractivity contribution in [2.45, 2.75) is 10.6 Å². The van der Waals surface area contributed by atoms with E-state index < -0.39 is 5.97 Å². The van der Waals surface area contributed by atoms with Crippen LogP contribution in [0.15, 0.2) is 45.2 Å². The molecule has 0 amide bonds. The molecule has 0 spiro atoms. The van der Waals surface area contributed by atoms with Crippen molar-refractivity contribution in [3.63, 3.8) is 0 Å². The molecule has 3 aromatic heterocycles. The summed E-state index contributed by atoms with van der Waals surface area (Å²) in [5.74, 6) is 0.426. The van der Waals surface area contributed by atoms with E-state index in [4.69, 9.17) is 9.52 Å². The summed E-state index contributed by atoms with van der Waals surface area (Å²) in [5.41, 5.74) is 0.0183. The summed E-state index contributed by atoms with van der Waals surface area (Å²) in [7, 11) is 0. The number of hydrogen-bond acceptors (Lipinski definition) is 7. The van der Waals surface area contributed by atoms with Crippen LogP contribution >= 0.6 is 23.1 Å². The molecule has 0 bridgehead atoms. The Hall–Kier alpha value is -2.19. The molecule has 0 saturated heterocycles. The number of thioether (sulfide) groups is 1. The predicted molar refractivity (Wildman–Crippen MR) is 78.4 cm³/mol. The molecule has 3 aromatic rings. The first kappa shape index (κ1) is 13.8. The van der Waals surface area contributed by atoms with Gasteiger partial charge in [-0.1, -0.05) is 6.07 Å². The number of thiophene rings is 1. The number of hydrogen-bond donors (Lipinski definition) is 1. The lowest BCUT2D eigenvalue weighted by Crippen LogP contribution is -1.99. The highest BCUT2D eigenvalue weighted by Crippen LogP contribution is 2.26. The lowest BCUT2D eigenvalue weighted by atomic mass is 10.3. The molecular formula is C13H9N3O3S2. The van der Waals surface area contributed by atoms with E-state index in [1.807, 2.05) is 17.5 Å². The topological polar surface area (TPSA) is 89.1 Å². The number of nitrogens with zero attached hydrogens (tertiary/aromatic N) is 3. The van der Waals surface area contributed by atoms with Gasteiger partial charge in [0.2, 0.25) is 5.89 Å². The minimum absolute atomic E-state index is 0.0183. The van der Waals surface area contributed by atoms with Crippen LogP contribution in [-0.2, 0) is 5.75 Å². The van der Waals surface area contributed by atoms with Crippen LogP contribution in [0.4, 0.5) is 0 Å². The van der Waals surface area contributed by atoms with Crippen LogP contribution < -0.4 is 0 Å². The highest BCUT2D eigenvalue weighted by molar-refractivity contribution is 7.98. The van der Waals surface area contributed by atoms with Crippen LogP contribution in [0.25, 0.3) is 10.8 Å². The lowest BCUT2D eigenvalue weighted by molar-refractivity contribution is 0.0690. The van der Waals surface area contributed by atoms with Gasteiger partial charge in [-0.2, -0.15) is 0 Å². The zero-order valence-electron chi connectivity index (χ0n) is 10.6. The van der Waals surface area contributed by atoms with Crippen LogP contribution in [0.2, 0.25) is 0 Å². The minimum Gasteiger partial charge on any atom is -0.477 e. The third-order valence-electron chi connectivity index (χ3n) is 2.51. The van der Waals surface area contributed by atoms with Crippen LogP contribution in [-0.4, -0.2) is 26.3 Å². The van der Waals surface area contributed by atoms with Gasteiger partial charge in [-0.25, -0.2) is 9.78 Å². The fourth-order valence-electron chi connectivity index (χ4n) is 1.57. The van der Waals surface area contributed by atoms with Crippen LogP contribution in [0.5, 0.6) is 0 Å². The second kappa shape index (κ2) is 6.06. The van der Waals surface area contributed by atoms with Crippen molar-refractivity contribution in [2.24, 2.45) is 0 Å². The molecule has 0 aliphatic carbocycles. The van der Waals surface area contributed by atoms with Gasteiger partial charge >= 0.3 is 5.97 Å². The summed E-state index contributed by atoms with van der Waals surface area (Å²) in [5, 5.41) is 18.8. The Morgan fingerprint density at radius 1 is 1.38 bits per heavy atom. The van der Waals surface area contributed by atoms with Gasteiger partial charge in [0.25, 0.3) is 5.89 Å². The average molecular weight is 319 g/mol. The van der Waals surface area contributed by atoms with Gasteiger partial charge in [0, 0.05) is 11.1 Å². The number of carbonyl (C=O) groups is 1. The van der Waals surface area contributed by atoms with E-state index in [0.717, 1.165) is 9.77 Å². The molecule has 1 N–H and O–H groups in total. The summed E-state index contributed by atoms with van der Waals surface area (Å²) < 4.78 is 5.56. The van der Waals surface area contributed by atoms with E-state index in [9.17, 15) is 4.79 Å². The average Bonchev–Trinajstić information content (AvgIpc) is 3.16. The fourth-order valence-corrected chi connectivity index (χ4v) is 2.98. The molecule has 0 atom stereocenters. The highest BCUT2D eigenvalue weighted by atomic mass is 32.2. The Morgan fingerprint density at radius 2 is 2.29 bits per heavy atom. The first-order valence-electron chi connectivity index (χ1n) is 5.91. The number of pyridine rings is 1. The number of aromatic nitrogens is 3. The smallest absolute Gasteiger partial charge is 0.354 e. The summed E-state index contributed by atoms with van der Waals surface area (Å²) in [4.78, 5) is 16.3. The molecular weight excluding hydrogens is 310 g/mol. The lowest BCUT2D eigenvalue weighted by Gasteiger charge is -1.99. The van der Waals surface area contributed by atoms with Gasteiger partial charge < -0.3 is 9.52 Å². The van der Waals surface area contributed by atoms with Crippen molar-refractivity contribution in [3.05, 3.63) is 47.4 Å². The number of rotatable bonds is 5. The second-order valence-corrected chi connectivity index (χ2v) is 5.95. The number of carboxylic acids is 1. The van der Waals surface area contributed by atoms with E-state index in [-0.39, 0.29) is 5.69 Å². The van der Waals surface area contributed by atoms with Crippen molar-refractivity contribution < 1.29 is 14.3 Å². The zero-order chi connectivity index (χ0) is 14.7. The molecule has 3 heterocycles. The third kappa shape index (κ3) is 3.29. The summed E-state index contributed by atoms with van der Waals surface area (Å²) in [6, 6.07) is 7.09. The molecule has 6 nitrogen and oxygen atoms in total. The normalized spacial score (nSPS) is 10.7. The monoisotopic (exact) mass is 319 g/mol. The molecule has 3 rings (SSSR count). The maximum absolute atomic E-state index is 10.9. The zero-order valence-corrected chi connectivity index (χ0v) is 12.2. The first-order valence-corrected chi connectivity index (χ1v) is 7.77. The molecule has 21 heavy (non-hydrogen) atoms. The van der Waals surface area contributed by atoms with E-state index in [1.165, 1.54) is 35.4 Å². The standard InChI is InChI=1S/C13H9N3O3S2/c17-13(18)9-6-8(3-4-14-9)21-7-11-15-16-12(19-11)10-2-1-5-20-10/h1-6H,7H2,(H,17,18). The SMILES string of the molecule is O=C(O)c1cc(SCc2nnc(-c3cccs3)o2)ccn1. The first-order chi connectivity index (χ1) is 10.2. The largest absolute Gasteiger partial charge is 0.477 e. The van der Waals surface area contributed by atoms with E-state index >= 15 is 0 Å². The summed E-state index contributed by atoms with van der Waals surface area (Å²) in [6.07, 6.45) is 1.47. The fraction of sp³-hybridized carbons (Fsp3) is 0.0769. The Kier molecular flexibility index (Phi) is 3.98. The Bertz CT molecular complexity index is 756. The quantitative estimate of drug-likeness (QED) is 0.722. The van der Waals surface area contributed by atoms with E-state index in [0.29, 0.717) is 17.5 Å². The van der Waals surface area contributed by atoms with Gasteiger partial charge in [-0.3, -0.25) is 0 Å². The van der Waals surface area contributed by atoms with Crippen molar-refractivity contribution >= 4 is 29.1 Å². The molecule has 0 saturated carbocycles.